The number of hydrogen-bond donors (Lipinski definition) is 2. The smallest absolute Gasteiger partial charge is 0.256 e. The summed E-state index contributed by atoms with van der Waals surface area (Å²) in [5.74, 6) is -0.0537. The van der Waals surface area contributed by atoms with E-state index < -0.39 is 11.7 Å². The summed E-state index contributed by atoms with van der Waals surface area (Å²) in [6.45, 7) is 2.36. The second-order valence-electron chi connectivity index (χ2n) is 7.98. The van der Waals surface area contributed by atoms with Crippen molar-refractivity contribution in [3.05, 3.63) is 89.0 Å². The van der Waals surface area contributed by atoms with Crippen molar-refractivity contribution in [2.45, 2.75) is 18.6 Å². The molecule has 12 heteroatoms. The van der Waals surface area contributed by atoms with Crippen LogP contribution in [0.25, 0.3) is 5.69 Å². The number of hydrogen-bond acceptors (Lipinski definition) is 7. The highest BCUT2D eigenvalue weighted by atomic mass is 35.5. The lowest BCUT2D eigenvalue weighted by Crippen LogP contribution is -2.26. The molecule has 4 aromatic rings. The van der Waals surface area contributed by atoms with Gasteiger partial charge >= 0.3 is 0 Å². The first-order valence-corrected chi connectivity index (χ1v) is 13.2. The lowest BCUT2D eigenvalue weighted by Gasteiger charge is -2.14. The molecule has 0 aliphatic heterocycles. The molecule has 0 spiro atoms. The molecule has 0 bridgehead atoms. The molecule has 9 nitrogen and oxygen atoms in total. The lowest BCUT2D eigenvalue weighted by atomic mass is 10.2. The fourth-order valence-electron chi connectivity index (χ4n) is 3.66. The van der Waals surface area contributed by atoms with Gasteiger partial charge in [-0.15, -0.1) is 10.2 Å². The van der Waals surface area contributed by atoms with Gasteiger partial charge in [0.15, 0.2) is 11.0 Å². The van der Waals surface area contributed by atoms with Gasteiger partial charge in [0.25, 0.3) is 5.91 Å². The predicted octanol–water partition coefficient (Wildman–Crippen LogP) is 5.13. The molecule has 3 aromatic carbocycles. The van der Waals surface area contributed by atoms with Crippen LogP contribution in [0.3, 0.4) is 0 Å². The number of ether oxygens (including phenoxy) is 2. The average molecular weight is 570 g/mol. The van der Waals surface area contributed by atoms with Crippen molar-refractivity contribution in [1.82, 2.24) is 20.1 Å². The molecule has 0 aliphatic carbocycles. The van der Waals surface area contributed by atoms with Crippen molar-refractivity contribution in [2.24, 2.45) is 0 Å². The number of amides is 2. The molecule has 0 radical (unpaired) electrons. The van der Waals surface area contributed by atoms with E-state index in [4.69, 9.17) is 21.1 Å². The quantitative estimate of drug-likeness (QED) is 0.241. The Morgan fingerprint density at radius 2 is 1.82 bits per heavy atom. The van der Waals surface area contributed by atoms with E-state index in [2.05, 4.69) is 20.8 Å². The number of nitrogens with one attached hydrogen (secondary N) is 2. The van der Waals surface area contributed by atoms with E-state index in [0.29, 0.717) is 40.5 Å². The Hall–Kier alpha value is -4.09. The van der Waals surface area contributed by atoms with Crippen LogP contribution in [-0.4, -0.2) is 46.0 Å². The Morgan fingerprint density at radius 3 is 2.54 bits per heavy atom. The Morgan fingerprint density at radius 1 is 1.05 bits per heavy atom. The maximum absolute atomic E-state index is 14.2. The van der Waals surface area contributed by atoms with Crippen molar-refractivity contribution in [1.29, 1.82) is 0 Å². The zero-order chi connectivity index (χ0) is 27.8. The number of methoxy groups -OCH3 is 1. The number of aromatic nitrogens is 3. The van der Waals surface area contributed by atoms with Crippen LogP contribution in [0.1, 0.15) is 23.1 Å². The maximum Gasteiger partial charge on any atom is 0.256 e. The lowest BCUT2D eigenvalue weighted by molar-refractivity contribution is -0.113. The summed E-state index contributed by atoms with van der Waals surface area (Å²) in [7, 11) is 1.53. The zero-order valence-corrected chi connectivity index (χ0v) is 22.7. The molecule has 0 saturated carbocycles. The SMILES string of the molecule is CCOc1ccc(NC(=O)CSc2nnc(CNC(=O)c3c(F)cccc3Cl)n2-c2ccccc2OC)cc1. The topological polar surface area (TPSA) is 107 Å². The minimum atomic E-state index is -0.735. The highest BCUT2D eigenvalue weighted by Gasteiger charge is 2.21. The first-order chi connectivity index (χ1) is 18.9. The Bertz CT molecular complexity index is 1440. The summed E-state index contributed by atoms with van der Waals surface area (Å²) >= 11 is 7.19. The molecule has 202 valence electrons. The van der Waals surface area contributed by atoms with Crippen LogP contribution < -0.4 is 20.1 Å². The molecule has 4 rings (SSSR count). The third-order valence-corrected chi connectivity index (χ3v) is 6.65. The summed E-state index contributed by atoms with van der Waals surface area (Å²) in [4.78, 5) is 25.4. The van der Waals surface area contributed by atoms with Crippen molar-refractivity contribution < 1.29 is 23.5 Å². The molecule has 0 atom stereocenters. The molecule has 0 aliphatic rings. The molecule has 39 heavy (non-hydrogen) atoms. The van der Waals surface area contributed by atoms with Gasteiger partial charge in [0, 0.05) is 5.69 Å². The van der Waals surface area contributed by atoms with E-state index in [1.54, 1.807) is 41.0 Å². The summed E-state index contributed by atoms with van der Waals surface area (Å²) in [6, 6.07) is 18.3. The molecule has 0 unspecified atom stereocenters. The third-order valence-electron chi connectivity index (χ3n) is 5.40. The summed E-state index contributed by atoms with van der Waals surface area (Å²) in [6.07, 6.45) is 0. The maximum atomic E-state index is 14.2. The number of carbonyl (C=O) groups excluding carboxylic acids is 2. The van der Waals surface area contributed by atoms with Gasteiger partial charge in [-0.05, 0) is 55.5 Å². The van der Waals surface area contributed by atoms with E-state index >= 15 is 0 Å². The van der Waals surface area contributed by atoms with Crippen LogP contribution in [0, 0.1) is 5.82 Å². The van der Waals surface area contributed by atoms with Gasteiger partial charge in [-0.2, -0.15) is 0 Å². The monoisotopic (exact) mass is 569 g/mol. The van der Waals surface area contributed by atoms with E-state index in [-0.39, 0.29) is 28.8 Å². The fourth-order valence-corrected chi connectivity index (χ4v) is 4.67. The number of carbonyl (C=O) groups is 2. The molecule has 0 fully saturated rings. The number of halogens is 2. The van der Waals surface area contributed by atoms with Crippen LogP contribution in [0.2, 0.25) is 5.02 Å². The number of para-hydroxylation sites is 2. The van der Waals surface area contributed by atoms with Crippen molar-refractivity contribution >= 4 is 40.9 Å². The molecular weight excluding hydrogens is 545 g/mol. The van der Waals surface area contributed by atoms with E-state index in [1.807, 2.05) is 19.1 Å². The van der Waals surface area contributed by atoms with Crippen LogP contribution in [-0.2, 0) is 11.3 Å². The van der Waals surface area contributed by atoms with Gasteiger partial charge in [0.2, 0.25) is 5.91 Å². The second kappa shape index (κ2) is 13.1. The molecule has 1 heterocycles. The van der Waals surface area contributed by atoms with Gasteiger partial charge in [-0.3, -0.25) is 14.2 Å². The second-order valence-corrected chi connectivity index (χ2v) is 9.33. The van der Waals surface area contributed by atoms with Crippen molar-refractivity contribution in [3.63, 3.8) is 0 Å². The van der Waals surface area contributed by atoms with E-state index in [1.165, 1.54) is 19.2 Å². The number of rotatable bonds is 11. The van der Waals surface area contributed by atoms with E-state index in [9.17, 15) is 14.0 Å². The normalized spacial score (nSPS) is 10.7. The minimum absolute atomic E-state index is 0.00604. The predicted molar refractivity (Wildman–Crippen MR) is 147 cm³/mol. The van der Waals surface area contributed by atoms with Crippen molar-refractivity contribution in [3.8, 4) is 17.2 Å². The highest BCUT2D eigenvalue weighted by Crippen LogP contribution is 2.29. The van der Waals surface area contributed by atoms with Gasteiger partial charge in [-0.1, -0.05) is 41.6 Å². The fraction of sp³-hybridized carbons (Fsp3) is 0.185. The van der Waals surface area contributed by atoms with Crippen LogP contribution in [0.4, 0.5) is 10.1 Å². The Balaban J connectivity index is 1.52. The van der Waals surface area contributed by atoms with Crippen molar-refractivity contribution in [2.75, 3.05) is 24.8 Å². The minimum Gasteiger partial charge on any atom is -0.495 e. The summed E-state index contributed by atoms with van der Waals surface area (Å²) < 4.78 is 26.8. The molecular formula is C27H25ClFN5O4S. The number of benzene rings is 3. The third kappa shape index (κ3) is 6.87. The first-order valence-electron chi connectivity index (χ1n) is 11.9. The zero-order valence-electron chi connectivity index (χ0n) is 21.1. The summed E-state index contributed by atoms with van der Waals surface area (Å²) in [5, 5.41) is 14.3. The molecule has 1 aromatic heterocycles. The number of anilines is 1. The van der Waals surface area contributed by atoms with Crippen LogP contribution in [0.15, 0.2) is 71.9 Å². The van der Waals surface area contributed by atoms with E-state index in [0.717, 1.165) is 17.8 Å². The van der Waals surface area contributed by atoms with Gasteiger partial charge < -0.3 is 20.1 Å². The molecule has 2 amide bonds. The Labute approximate surface area is 233 Å². The molecule has 2 N–H and O–H groups in total. The number of nitrogens with zero attached hydrogens (tertiary/aromatic N) is 3. The van der Waals surface area contributed by atoms with Gasteiger partial charge in [0.1, 0.15) is 17.3 Å². The summed E-state index contributed by atoms with van der Waals surface area (Å²) in [5.41, 5.74) is 0.973. The van der Waals surface area contributed by atoms with Crippen LogP contribution in [0.5, 0.6) is 11.5 Å². The molecule has 0 saturated heterocycles. The van der Waals surface area contributed by atoms with Gasteiger partial charge in [0.05, 0.1) is 42.3 Å². The number of thioether (sulfide) groups is 1. The van der Waals surface area contributed by atoms with Gasteiger partial charge in [-0.25, -0.2) is 4.39 Å². The average Bonchev–Trinajstić information content (AvgIpc) is 3.34. The van der Waals surface area contributed by atoms with Crippen LogP contribution >= 0.6 is 23.4 Å². The largest absolute Gasteiger partial charge is 0.495 e. The Kier molecular flexibility index (Phi) is 9.40. The highest BCUT2D eigenvalue weighted by molar-refractivity contribution is 7.99. The first kappa shape index (κ1) is 27.9. The standard InChI is InChI=1S/C27H25ClFN5O4S/c1-3-38-18-13-11-17(12-14-18)31-24(35)16-39-27-33-32-23(34(27)21-9-4-5-10-22(21)37-2)15-30-26(36)25-19(28)7-6-8-20(25)29/h4-14H,3,15-16H2,1-2H3,(H,30,36)(H,31,35).